The van der Waals surface area contributed by atoms with Crippen molar-refractivity contribution in [2.24, 2.45) is 0 Å². The molecule has 0 amide bonds. The van der Waals surface area contributed by atoms with Crippen molar-refractivity contribution in [3.05, 3.63) is 53.5 Å². The van der Waals surface area contributed by atoms with Crippen molar-refractivity contribution in [2.45, 2.75) is 73.1 Å². The highest BCUT2D eigenvalue weighted by Crippen LogP contribution is 2.13. The van der Waals surface area contributed by atoms with E-state index in [2.05, 4.69) is 59.8 Å². The van der Waals surface area contributed by atoms with E-state index < -0.39 is 0 Å². The van der Waals surface area contributed by atoms with Gasteiger partial charge in [-0.05, 0) is 80.1 Å². The van der Waals surface area contributed by atoms with E-state index in [9.17, 15) is 0 Å². The van der Waals surface area contributed by atoms with E-state index >= 15 is 0 Å². The molecule has 0 bridgehead atoms. The predicted octanol–water partition coefficient (Wildman–Crippen LogP) is 6.97. The topological polar surface area (TPSA) is 0 Å². The normalized spacial score (nSPS) is 13.6. The molecule has 0 aliphatic carbocycles. The zero-order valence-corrected chi connectivity index (χ0v) is 14.3. The Labute approximate surface area is 127 Å². The maximum absolute atomic E-state index is 3.79. The van der Waals surface area contributed by atoms with Gasteiger partial charge in [-0.1, -0.05) is 46.6 Å². The Hall–Kier alpha value is -1.04. The quantitative estimate of drug-likeness (QED) is 0.398. The molecule has 0 heteroatoms. The molecular formula is C20H33. The van der Waals surface area contributed by atoms with Crippen LogP contribution in [0.25, 0.3) is 0 Å². The smallest absolute Gasteiger partial charge is 0.0288 e. The highest BCUT2D eigenvalue weighted by atomic mass is 14.0. The van der Waals surface area contributed by atoms with Gasteiger partial charge in [0.05, 0.1) is 0 Å². The van der Waals surface area contributed by atoms with Gasteiger partial charge in [-0.25, -0.2) is 0 Å². The minimum atomic E-state index is 1.14. The number of rotatable bonds is 9. The molecule has 0 unspecified atom stereocenters. The van der Waals surface area contributed by atoms with Crippen molar-refractivity contribution >= 4 is 0 Å². The standard InChI is InChI=1S/C20H33/c1-7-18(4)12-9-14-20(6)16-10-15-19(5)13-8-11-17(2)3/h7,11,14-15H,1,8-10,12-13,16H2,2-6H3/b18-7+,19-15+,20-14+. The van der Waals surface area contributed by atoms with Gasteiger partial charge in [-0.2, -0.15) is 0 Å². The van der Waals surface area contributed by atoms with Crippen LogP contribution in [0.4, 0.5) is 0 Å². The lowest BCUT2D eigenvalue weighted by atomic mass is 10.0. The molecule has 0 nitrogen and oxygen atoms in total. The van der Waals surface area contributed by atoms with E-state index in [4.69, 9.17) is 0 Å². The van der Waals surface area contributed by atoms with Crippen LogP contribution < -0.4 is 0 Å². The van der Waals surface area contributed by atoms with Gasteiger partial charge < -0.3 is 0 Å². The average molecular weight is 273 g/mol. The maximum atomic E-state index is 3.79. The third kappa shape index (κ3) is 12.0. The maximum Gasteiger partial charge on any atom is -0.0288 e. The van der Waals surface area contributed by atoms with Crippen LogP contribution in [0.2, 0.25) is 0 Å². The summed E-state index contributed by atoms with van der Waals surface area (Å²) in [7, 11) is 0. The second kappa shape index (κ2) is 11.8. The summed E-state index contributed by atoms with van der Waals surface area (Å²) in [6, 6.07) is 0. The molecule has 0 fully saturated rings. The van der Waals surface area contributed by atoms with Gasteiger partial charge in [-0.15, -0.1) is 0 Å². The lowest BCUT2D eigenvalue weighted by Crippen LogP contribution is -1.82. The van der Waals surface area contributed by atoms with Gasteiger partial charge in [0.15, 0.2) is 0 Å². The fourth-order valence-electron chi connectivity index (χ4n) is 1.99. The number of hydrogen-bond acceptors (Lipinski definition) is 0. The van der Waals surface area contributed by atoms with Crippen LogP contribution >= 0.6 is 0 Å². The average Bonchev–Trinajstić information content (AvgIpc) is 2.38. The number of allylic oxidation sites excluding steroid dienone is 8. The molecule has 0 rings (SSSR count). The monoisotopic (exact) mass is 273 g/mol. The molecule has 0 spiro atoms. The van der Waals surface area contributed by atoms with Crippen LogP contribution in [-0.4, -0.2) is 0 Å². The second-order valence-corrected chi connectivity index (χ2v) is 6.05. The predicted molar refractivity (Wildman–Crippen MR) is 93.8 cm³/mol. The summed E-state index contributed by atoms with van der Waals surface area (Å²) < 4.78 is 0. The largest absolute Gasteiger partial charge is 0.0856 e. The van der Waals surface area contributed by atoms with E-state index in [0.29, 0.717) is 0 Å². The second-order valence-electron chi connectivity index (χ2n) is 6.05. The molecule has 0 aromatic heterocycles. The zero-order valence-electron chi connectivity index (χ0n) is 14.3. The molecule has 0 heterocycles. The summed E-state index contributed by atoms with van der Waals surface area (Å²) in [6.07, 6.45) is 16.1. The van der Waals surface area contributed by atoms with Gasteiger partial charge in [0.2, 0.25) is 0 Å². The first-order chi connectivity index (χ1) is 9.45. The summed E-state index contributed by atoms with van der Waals surface area (Å²) in [5.41, 5.74) is 5.83. The Bertz CT molecular complexity index is 371. The van der Waals surface area contributed by atoms with Crippen LogP contribution in [0.15, 0.2) is 46.6 Å². The fraction of sp³-hybridized carbons (Fsp3) is 0.550. The Morgan fingerprint density at radius 1 is 0.650 bits per heavy atom. The summed E-state index contributed by atoms with van der Waals surface area (Å²) in [4.78, 5) is 0. The Balaban J connectivity index is 3.91. The summed E-state index contributed by atoms with van der Waals surface area (Å²) in [5, 5.41) is 0. The van der Waals surface area contributed by atoms with Gasteiger partial charge in [0, 0.05) is 0 Å². The molecule has 0 aliphatic rings. The van der Waals surface area contributed by atoms with Crippen LogP contribution in [0.1, 0.15) is 73.1 Å². The lowest BCUT2D eigenvalue weighted by Gasteiger charge is -2.02. The van der Waals surface area contributed by atoms with E-state index in [1.54, 1.807) is 0 Å². The molecular weight excluding hydrogens is 240 g/mol. The van der Waals surface area contributed by atoms with E-state index in [1.807, 2.05) is 6.08 Å². The Morgan fingerprint density at radius 3 is 1.45 bits per heavy atom. The molecule has 0 N–H and O–H groups in total. The molecule has 1 radical (unpaired) electrons. The van der Waals surface area contributed by atoms with Gasteiger partial charge >= 0.3 is 0 Å². The van der Waals surface area contributed by atoms with Crippen molar-refractivity contribution in [2.75, 3.05) is 0 Å². The summed E-state index contributed by atoms with van der Waals surface area (Å²) >= 11 is 0. The van der Waals surface area contributed by atoms with Crippen LogP contribution in [-0.2, 0) is 0 Å². The summed E-state index contributed by atoms with van der Waals surface area (Å²) in [5.74, 6) is 0. The summed E-state index contributed by atoms with van der Waals surface area (Å²) in [6.45, 7) is 14.8. The highest BCUT2D eigenvalue weighted by molar-refractivity contribution is 5.07. The van der Waals surface area contributed by atoms with Gasteiger partial charge in [0.25, 0.3) is 0 Å². The lowest BCUT2D eigenvalue weighted by molar-refractivity contribution is 0.900. The van der Waals surface area contributed by atoms with Crippen LogP contribution in [0, 0.1) is 6.92 Å². The Morgan fingerprint density at radius 2 is 1.05 bits per heavy atom. The van der Waals surface area contributed by atoms with Crippen molar-refractivity contribution < 1.29 is 0 Å². The van der Waals surface area contributed by atoms with Crippen LogP contribution in [0.5, 0.6) is 0 Å². The molecule has 20 heavy (non-hydrogen) atoms. The molecule has 0 saturated heterocycles. The van der Waals surface area contributed by atoms with Crippen molar-refractivity contribution in [1.82, 2.24) is 0 Å². The molecule has 0 atom stereocenters. The molecule has 0 aliphatic heterocycles. The molecule has 0 aromatic carbocycles. The highest BCUT2D eigenvalue weighted by Gasteiger charge is 1.92. The fourth-order valence-corrected chi connectivity index (χ4v) is 1.99. The third-order valence-electron chi connectivity index (χ3n) is 3.50. The van der Waals surface area contributed by atoms with Crippen molar-refractivity contribution in [1.29, 1.82) is 0 Å². The van der Waals surface area contributed by atoms with E-state index in [-0.39, 0.29) is 0 Å². The van der Waals surface area contributed by atoms with Crippen molar-refractivity contribution in [3.8, 4) is 0 Å². The minimum Gasteiger partial charge on any atom is -0.0856 e. The first-order valence-electron chi connectivity index (χ1n) is 7.85. The first kappa shape index (κ1) is 19.0. The Kier molecular flexibility index (Phi) is 11.1. The molecule has 0 saturated carbocycles. The zero-order chi connectivity index (χ0) is 15.4. The molecule has 113 valence electrons. The van der Waals surface area contributed by atoms with Crippen LogP contribution in [0.3, 0.4) is 0 Å². The first-order valence-corrected chi connectivity index (χ1v) is 7.85. The van der Waals surface area contributed by atoms with Gasteiger partial charge in [0.1, 0.15) is 0 Å². The van der Waals surface area contributed by atoms with E-state index in [0.717, 1.165) is 12.8 Å². The minimum absolute atomic E-state index is 1.14. The van der Waals surface area contributed by atoms with Gasteiger partial charge in [-0.3, -0.25) is 0 Å². The SMILES string of the molecule is [CH2]/C=C(\C)CC/C=C(\C)CC/C=C(\C)CCC=C(C)C. The third-order valence-corrected chi connectivity index (χ3v) is 3.50. The van der Waals surface area contributed by atoms with Crippen molar-refractivity contribution in [3.63, 3.8) is 0 Å². The molecule has 0 aromatic rings. The number of hydrogen-bond donors (Lipinski definition) is 0. The van der Waals surface area contributed by atoms with E-state index in [1.165, 1.54) is 48.0 Å².